The first-order chi connectivity index (χ1) is 17.6. The van der Waals surface area contributed by atoms with Gasteiger partial charge in [-0.3, -0.25) is 4.79 Å². The fraction of sp³-hybridized carbons (Fsp3) is 0.241. The lowest BCUT2D eigenvalue weighted by molar-refractivity contribution is -0.198. The molecular formula is C29H29N3O4. The predicted molar refractivity (Wildman–Crippen MR) is 138 cm³/mol. The second-order valence-electron chi connectivity index (χ2n) is 8.91. The highest BCUT2D eigenvalue weighted by Crippen LogP contribution is 2.25. The van der Waals surface area contributed by atoms with Gasteiger partial charge in [0, 0.05) is 25.5 Å². The summed E-state index contributed by atoms with van der Waals surface area (Å²) < 4.78 is 5.43. The molecule has 36 heavy (non-hydrogen) atoms. The molecule has 184 valence electrons. The fourth-order valence-corrected chi connectivity index (χ4v) is 4.24. The van der Waals surface area contributed by atoms with Crippen molar-refractivity contribution in [2.45, 2.75) is 38.1 Å². The zero-order valence-corrected chi connectivity index (χ0v) is 19.9. The molecular weight excluding hydrogens is 454 g/mol. The van der Waals surface area contributed by atoms with Gasteiger partial charge in [-0.2, -0.15) is 0 Å². The molecule has 0 saturated carbocycles. The molecule has 2 atom stereocenters. The molecule has 1 fully saturated rings. The van der Waals surface area contributed by atoms with Gasteiger partial charge in [-0.05, 0) is 53.3 Å². The summed E-state index contributed by atoms with van der Waals surface area (Å²) in [7, 11) is 0. The van der Waals surface area contributed by atoms with E-state index in [1.165, 1.54) is 6.08 Å². The van der Waals surface area contributed by atoms with Gasteiger partial charge in [-0.25, -0.2) is 15.3 Å². The summed E-state index contributed by atoms with van der Waals surface area (Å²) >= 11 is 0. The average Bonchev–Trinajstić information content (AvgIpc) is 3.33. The van der Waals surface area contributed by atoms with Gasteiger partial charge < -0.3 is 14.8 Å². The molecule has 1 aromatic heterocycles. The number of aromatic amines is 1. The molecule has 0 radical (unpaired) electrons. The number of carbonyl (C=O) groups excluding carboxylic acids is 1. The highest BCUT2D eigenvalue weighted by atomic mass is 16.8. The van der Waals surface area contributed by atoms with Crippen LogP contribution in [0.25, 0.3) is 17.1 Å². The monoisotopic (exact) mass is 483 g/mol. The van der Waals surface area contributed by atoms with Crippen LogP contribution < -0.4 is 5.48 Å². The second-order valence-corrected chi connectivity index (χ2v) is 8.91. The number of hydrogen-bond donors (Lipinski definition) is 3. The number of amides is 1. The molecule has 1 saturated heterocycles. The number of ether oxygens (including phenoxy) is 1. The van der Waals surface area contributed by atoms with Crippen molar-refractivity contribution in [3.05, 3.63) is 107 Å². The van der Waals surface area contributed by atoms with Gasteiger partial charge in [0.25, 0.3) is 5.91 Å². The minimum atomic E-state index is -0.683. The fourth-order valence-electron chi connectivity index (χ4n) is 4.24. The van der Waals surface area contributed by atoms with Crippen molar-refractivity contribution in [3.8, 4) is 0 Å². The topological polar surface area (TPSA) is 96.5 Å². The van der Waals surface area contributed by atoms with Crippen LogP contribution >= 0.6 is 0 Å². The summed E-state index contributed by atoms with van der Waals surface area (Å²) in [5.41, 5.74) is 7.85. The Bertz CT molecular complexity index is 1330. The minimum Gasteiger partial charge on any atom is -0.384 e. The molecule has 1 aliphatic heterocycles. The molecule has 3 N–H and O–H groups in total. The number of aliphatic hydroxyl groups excluding tert-OH is 1. The molecule has 3 aromatic carbocycles. The Kier molecular flexibility index (Phi) is 7.52. The largest absolute Gasteiger partial charge is 0.384 e. The normalized spacial score (nSPS) is 16.9. The summed E-state index contributed by atoms with van der Waals surface area (Å²) in [5, 5.41) is 10.7. The first kappa shape index (κ1) is 23.9. The lowest BCUT2D eigenvalue weighted by atomic mass is 10.0. The number of imidazole rings is 1. The van der Waals surface area contributed by atoms with Crippen molar-refractivity contribution in [1.82, 2.24) is 15.4 Å². The third kappa shape index (κ3) is 6.07. The Labute approximate surface area is 209 Å². The zero-order chi connectivity index (χ0) is 24.7. The Morgan fingerprint density at radius 3 is 2.72 bits per heavy atom. The number of aliphatic hydroxyl groups is 1. The number of H-pyrrole nitrogens is 1. The van der Waals surface area contributed by atoms with Crippen LogP contribution in [0.15, 0.2) is 78.9 Å². The van der Waals surface area contributed by atoms with E-state index in [0.717, 1.165) is 58.4 Å². The third-order valence-corrected chi connectivity index (χ3v) is 6.19. The van der Waals surface area contributed by atoms with E-state index in [2.05, 4.69) is 10.5 Å². The molecule has 2 heterocycles. The van der Waals surface area contributed by atoms with Crippen LogP contribution in [-0.4, -0.2) is 33.9 Å². The quantitative estimate of drug-likeness (QED) is 0.247. The van der Waals surface area contributed by atoms with E-state index in [1.54, 1.807) is 6.08 Å². The molecule has 2 unspecified atom stereocenters. The lowest BCUT2D eigenvalue weighted by Crippen LogP contribution is -2.32. The summed E-state index contributed by atoms with van der Waals surface area (Å²) in [6, 6.07) is 23.3. The van der Waals surface area contributed by atoms with E-state index < -0.39 is 6.10 Å². The van der Waals surface area contributed by atoms with Crippen LogP contribution in [0, 0.1) is 0 Å². The van der Waals surface area contributed by atoms with Crippen molar-refractivity contribution in [1.29, 1.82) is 0 Å². The van der Waals surface area contributed by atoms with Crippen LogP contribution in [0.1, 0.15) is 53.4 Å². The maximum atomic E-state index is 12.0. The summed E-state index contributed by atoms with van der Waals surface area (Å²) in [5.74, 6) is 0.522. The Balaban J connectivity index is 1.18. The van der Waals surface area contributed by atoms with Crippen molar-refractivity contribution in [2.24, 2.45) is 0 Å². The van der Waals surface area contributed by atoms with Crippen LogP contribution in [0.3, 0.4) is 0 Å². The molecule has 0 aliphatic carbocycles. The van der Waals surface area contributed by atoms with Crippen LogP contribution in [0.2, 0.25) is 0 Å². The maximum Gasteiger partial charge on any atom is 0.267 e. The lowest BCUT2D eigenvalue weighted by Gasteiger charge is -2.21. The Morgan fingerprint density at radius 2 is 1.94 bits per heavy atom. The Morgan fingerprint density at radius 1 is 1.11 bits per heavy atom. The number of nitrogens with one attached hydrogen (secondary N) is 2. The molecule has 7 nitrogen and oxygen atoms in total. The molecule has 1 amide bonds. The molecule has 0 bridgehead atoms. The van der Waals surface area contributed by atoms with E-state index in [-0.39, 0.29) is 12.2 Å². The minimum absolute atomic E-state index is 0.327. The van der Waals surface area contributed by atoms with Crippen molar-refractivity contribution < 1.29 is 19.5 Å². The Hall–Kier alpha value is -3.78. The van der Waals surface area contributed by atoms with Crippen LogP contribution in [0.5, 0.6) is 0 Å². The van der Waals surface area contributed by atoms with Crippen LogP contribution in [-0.2, 0) is 20.8 Å². The number of benzene rings is 3. The van der Waals surface area contributed by atoms with Crippen molar-refractivity contribution in [2.75, 3.05) is 6.61 Å². The zero-order valence-electron chi connectivity index (χ0n) is 19.9. The number of aromatic nitrogens is 2. The highest BCUT2D eigenvalue weighted by molar-refractivity contribution is 5.90. The van der Waals surface area contributed by atoms with Gasteiger partial charge in [0.1, 0.15) is 11.9 Å². The number of hydroxylamine groups is 1. The van der Waals surface area contributed by atoms with Gasteiger partial charge in [0.15, 0.2) is 6.29 Å². The van der Waals surface area contributed by atoms with E-state index in [1.807, 2.05) is 72.8 Å². The van der Waals surface area contributed by atoms with Crippen LogP contribution in [0.4, 0.5) is 0 Å². The average molecular weight is 484 g/mol. The number of fused-ring (bicyclic) bond motifs is 1. The number of hydrogen-bond acceptors (Lipinski definition) is 5. The van der Waals surface area contributed by atoms with Crippen molar-refractivity contribution >= 4 is 23.0 Å². The summed E-state index contributed by atoms with van der Waals surface area (Å²) in [4.78, 5) is 25.3. The number of nitrogens with zero attached hydrogens (tertiary/aromatic N) is 1. The standard InChI is InChI=1S/C29H29N3O4/c33-27(32-36-28-8-4-5-17-35-28)16-13-20-9-11-21(12-10-20)18-26-30-24-15-14-23(19-25(24)31-26)29(34)22-6-2-1-3-7-22/h1-3,6-7,9-16,19,28-29,34H,4-5,8,17-18H2,(H,30,31)(H,32,33)/b16-13+. The SMILES string of the molecule is O=C(/C=C/c1ccc(Cc2nc3ccc(C(O)c4ccccc4)cc3[nH]2)cc1)NOC1CCCCO1. The van der Waals surface area contributed by atoms with Crippen molar-refractivity contribution in [3.63, 3.8) is 0 Å². The third-order valence-electron chi connectivity index (χ3n) is 6.19. The van der Waals surface area contributed by atoms with Gasteiger partial charge in [-0.15, -0.1) is 0 Å². The van der Waals surface area contributed by atoms with E-state index in [4.69, 9.17) is 14.6 Å². The van der Waals surface area contributed by atoms with E-state index in [9.17, 15) is 9.90 Å². The predicted octanol–water partition coefficient (Wildman–Crippen LogP) is 4.82. The number of carbonyl (C=O) groups is 1. The van der Waals surface area contributed by atoms with Gasteiger partial charge in [0.05, 0.1) is 11.0 Å². The molecule has 5 rings (SSSR count). The molecule has 7 heteroatoms. The molecule has 1 aliphatic rings. The smallest absolute Gasteiger partial charge is 0.267 e. The molecule has 4 aromatic rings. The maximum absolute atomic E-state index is 12.0. The number of rotatable bonds is 8. The summed E-state index contributed by atoms with van der Waals surface area (Å²) in [6.45, 7) is 0.662. The highest BCUT2D eigenvalue weighted by Gasteiger charge is 2.15. The first-order valence-electron chi connectivity index (χ1n) is 12.2. The first-order valence-corrected chi connectivity index (χ1v) is 12.2. The van der Waals surface area contributed by atoms with Gasteiger partial charge >= 0.3 is 0 Å². The van der Waals surface area contributed by atoms with Gasteiger partial charge in [0.2, 0.25) is 0 Å². The van der Waals surface area contributed by atoms with E-state index in [0.29, 0.717) is 13.0 Å². The summed E-state index contributed by atoms with van der Waals surface area (Å²) in [6.07, 6.45) is 5.63. The second kappa shape index (κ2) is 11.3. The molecule has 0 spiro atoms. The van der Waals surface area contributed by atoms with Gasteiger partial charge in [-0.1, -0.05) is 60.7 Å². The van der Waals surface area contributed by atoms with E-state index >= 15 is 0 Å².